The number of rotatable bonds is 7. The number of para-hydroxylation sites is 1. The molecule has 2 aromatic rings. The maximum atomic E-state index is 12.9. The highest BCUT2D eigenvalue weighted by atomic mass is 32.2. The van der Waals surface area contributed by atoms with Crippen LogP contribution in [0.3, 0.4) is 0 Å². The van der Waals surface area contributed by atoms with Crippen LogP contribution < -0.4 is 10.2 Å². The molecule has 30 heavy (non-hydrogen) atoms. The van der Waals surface area contributed by atoms with Gasteiger partial charge in [-0.05, 0) is 49.2 Å². The molecule has 0 saturated carbocycles. The van der Waals surface area contributed by atoms with Crippen molar-refractivity contribution in [2.45, 2.75) is 35.0 Å². The number of nitrogens with zero attached hydrogens (tertiary/aromatic N) is 2. The molecule has 4 rings (SSSR count). The standard InChI is InChI=1S/C23H31N3O2S2/c1-18(2)17-30(27,28)19-8-9-23-21(16-19)26(20-6-3-4-7-22(20)29-23)13-5-12-25-14-10-24-11-15-25/h3-4,6-9,16,18,24H,5,10-15,17H2,1-2H3. The third-order valence-corrected chi connectivity index (χ3v) is 8.78. The molecular formula is C23H31N3O2S2. The largest absolute Gasteiger partial charge is 0.340 e. The Hall–Kier alpha value is -1.54. The average molecular weight is 446 g/mol. The Kier molecular flexibility index (Phi) is 6.72. The van der Waals surface area contributed by atoms with Gasteiger partial charge in [0.2, 0.25) is 0 Å². The zero-order valence-corrected chi connectivity index (χ0v) is 19.4. The van der Waals surface area contributed by atoms with Gasteiger partial charge in [0, 0.05) is 42.5 Å². The summed E-state index contributed by atoms with van der Waals surface area (Å²) in [4.78, 5) is 7.61. The van der Waals surface area contributed by atoms with E-state index in [0.29, 0.717) is 4.90 Å². The van der Waals surface area contributed by atoms with Crippen LogP contribution in [0.25, 0.3) is 0 Å². The molecule has 2 aliphatic heterocycles. The Morgan fingerprint density at radius 2 is 1.73 bits per heavy atom. The van der Waals surface area contributed by atoms with Crippen LogP contribution >= 0.6 is 11.8 Å². The third kappa shape index (κ3) is 4.85. The molecule has 0 aliphatic carbocycles. The Labute approximate surface area is 184 Å². The molecule has 1 fully saturated rings. The minimum absolute atomic E-state index is 0.108. The molecule has 0 bridgehead atoms. The van der Waals surface area contributed by atoms with Crippen molar-refractivity contribution < 1.29 is 8.42 Å². The Morgan fingerprint density at radius 3 is 2.50 bits per heavy atom. The normalized spacial score (nSPS) is 17.1. The Morgan fingerprint density at radius 1 is 1.00 bits per heavy atom. The van der Waals surface area contributed by atoms with Crippen molar-refractivity contribution in [3.63, 3.8) is 0 Å². The van der Waals surface area contributed by atoms with Crippen molar-refractivity contribution in [3.05, 3.63) is 42.5 Å². The summed E-state index contributed by atoms with van der Waals surface area (Å²) in [6.07, 6.45) is 1.04. The van der Waals surface area contributed by atoms with Gasteiger partial charge in [-0.25, -0.2) is 8.42 Å². The van der Waals surface area contributed by atoms with E-state index >= 15 is 0 Å². The second-order valence-electron chi connectivity index (χ2n) is 8.47. The van der Waals surface area contributed by atoms with E-state index < -0.39 is 9.84 Å². The molecule has 0 spiro atoms. The summed E-state index contributed by atoms with van der Waals surface area (Å²) in [5, 5.41) is 3.40. The number of benzene rings is 2. The zero-order valence-electron chi connectivity index (χ0n) is 17.8. The molecule has 0 aromatic heterocycles. The van der Waals surface area contributed by atoms with E-state index in [-0.39, 0.29) is 11.7 Å². The molecule has 2 heterocycles. The van der Waals surface area contributed by atoms with E-state index in [9.17, 15) is 8.42 Å². The van der Waals surface area contributed by atoms with Crippen molar-refractivity contribution >= 4 is 33.0 Å². The summed E-state index contributed by atoms with van der Waals surface area (Å²) in [5.41, 5.74) is 2.19. The van der Waals surface area contributed by atoms with Crippen molar-refractivity contribution in [3.8, 4) is 0 Å². The molecule has 5 nitrogen and oxygen atoms in total. The van der Waals surface area contributed by atoms with E-state index in [0.717, 1.165) is 56.3 Å². The lowest BCUT2D eigenvalue weighted by atomic mass is 10.2. The number of nitrogens with one attached hydrogen (secondary N) is 1. The van der Waals surface area contributed by atoms with E-state index in [1.54, 1.807) is 17.8 Å². The molecule has 2 aromatic carbocycles. The van der Waals surface area contributed by atoms with Gasteiger partial charge in [-0.2, -0.15) is 0 Å². The van der Waals surface area contributed by atoms with E-state index in [1.165, 1.54) is 10.6 Å². The van der Waals surface area contributed by atoms with E-state index in [2.05, 4.69) is 39.4 Å². The first-order valence-electron chi connectivity index (χ1n) is 10.8. The summed E-state index contributed by atoms with van der Waals surface area (Å²) in [7, 11) is -3.28. The molecule has 1 N–H and O–H groups in total. The summed E-state index contributed by atoms with van der Waals surface area (Å²) in [6, 6.07) is 14.1. The predicted octanol–water partition coefficient (Wildman–Crippen LogP) is 4.01. The number of hydrogen-bond donors (Lipinski definition) is 1. The molecule has 0 atom stereocenters. The van der Waals surface area contributed by atoms with Crippen LogP contribution in [-0.2, 0) is 9.84 Å². The summed E-state index contributed by atoms with van der Waals surface area (Å²) in [5.74, 6) is 0.287. The highest BCUT2D eigenvalue weighted by Gasteiger charge is 2.26. The van der Waals surface area contributed by atoms with Crippen molar-refractivity contribution in [2.75, 3.05) is 49.9 Å². The molecule has 162 valence electrons. The summed E-state index contributed by atoms with van der Waals surface area (Å²) in [6.45, 7) is 10.2. The van der Waals surface area contributed by atoms with Gasteiger partial charge in [-0.15, -0.1) is 0 Å². The van der Waals surface area contributed by atoms with Gasteiger partial charge in [0.25, 0.3) is 0 Å². The van der Waals surface area contributed by atoms with Gasteiger partial charge in [0.05, 0.1) is 22.0 Å². The maximum Gasteiger partial charge on any atom is 0.178 e. The van der Waals surface area contributed by atoms with Crippen molar-refractivity contribution in [1.29, 1.82) is 0 Å². The van der Waals surface area contributed by atoms with Crippen LogP contribution in [0.1, 0.15) is 20.3 Å². The molecule has 2 aliphatic rings. The molecule has 7 heteroatoms. The highest BCUT2D eigenvalue weighted by molar-refractivity contribution is 7.99. The monoisotopic (exact) mass is 445 g/mol. The molecule has 0 unspecified atom stereocenters. The van der Waals surface area contributed by atoms with Crippen LogP contribution in [0.2, 0.25) is 0 Å². The van der Waals surface area contributed by atoms with Gasteiger partial charge in [-0.3, -0.25) is 0 Å². The first-order valence-corrected chi connectivity index (χ1v) is 13.3. The maximum absolute atomic E-state index is 12.9. The lowest BCUT2D eigenvalue weighted by Gasteiger charge is -2.34. The number of hydrogen-bond acceptors (Lipinski definition) is 6. The van der Waals surface area contributed by atoms with Crippen LogP contribution in [0.15, 0.2) is 57.2 Å². The molecule has 1 saturated heterocycles. The second kappa shape index (κ2) is 9.30. The fourth-order valence-electron chi connectivity index (χ4n) is 4.17. The predicted molar refractivity (Wildman–Crippen MR) is 125 cm³/mol. The number of anilines is 2. The minimum atomic E-state index is -3.28. The van der Waals surface area contributed by atoms with Gasteiger partial charge in [0.15, 0.2) is 9.84 Å². The van der Waals surface area contributed by atoms with E-state index in [1.807, 2.05) is 26.0 Å². The quantitative estimate of drug-likeness (QED) is 0.695. The summed E-state index contributed by atoms with van der Waals surface area (Å²) < 4.78 is 25.7. The zero-order chi connectivity index (χ0) is 21.1. The molecule has 0 radical (unpaired) electrons. The Balaban J connectivity index is 1.61. The lowest BCUT2D eigenvalue weighted by molar-refractivity contribution is 0.239. The van der Waals surface area contributed by atoms with Gasteiger partial charge in [-0.1, -0.05) is 37.7 Å². The Bertz CT molecular complexity index is 986. The third-order valence-electron chi connectivity index (χ3n) is 5.57. The smallest absolute Gasteiger partial charge is 0.178 e. The first-order chi connectivity index (χ1) is 14.4. The summed E-state index contributed by atoms with van der Waals surface area (Å²) >= 11 is 1.73. The van der Waals surface area contributed by atoms with Crippen LogP contribution in [0.5, 0.6) is 0 Å². The number of piperazine rings is 1. The topological polar surface area (TPSA) is 52.7 Å². The lowest BCUT2D eigenvalue weighted by Crippen LogP contribution is -2.44. The first kappa shape index (κ1) is 21.7. The fraction of sp³-hybridized carbons (Fsp3) is 0.478. The van der Waals surface area contributed by atoms with Crippen LogP contribution in [0.4, 0.5) is 11.4 Å². The average Bonchev–Trinajstić information content (AvgIpc) is 2.73. The fourth-order valence-corrected chi connectivity index (χ4v) is 6.88. The van der Waals surface area contributed by atoms with E-state index in [4.69, 9.17) is 0 Å². The molecular weight excluding hydrogens is 414 g/mol. The van der Waals surface area contributed by atoms with Gasteiger partial charge in [0.1, 0.15) is 0 Å². The van der Waals surface area contributed by atoms with Gasteiger partial charge >= 0.3 is 0 Å². The van der Waals surface area contributed by atoms with Crippen LogP contribution in [0, 0.1) is 5.92 Å². The van der Waals surface area contributed by atoms with Gasteiger partial charge < -0.3 is 15.1 Å². The van der Waals surface area contributed by atoms with Crippen molar-refractivity contribution in [2.24, 2.45) is 5.92 Å². The number of sulfone groups is 1. The molecule has 0 amide bonds. The second-order valence-corrected chi connectivity index (χ2v) is 11.6. The SMILES string of the molecule is CC(C)CS(=O)(=O)c1ccc2c(c1)N(CCCN1CCNCC1)c1ccccc1S2. The number of fused-ring (bicyclic) bond motifs is 2. The van der Waals surface area contributed by atoms with Crippen LogP contribution in [-0.4, -0.2) is 58.3 Å². The van der Waals surface area contributed by atoms with Crippen molar-refractivity contribution in [1.82, 2.24) is 10.2 Å². The minimum Gasteiger partial charge on any atom is -0.340 e. The highest BCUT2D eigenvalue weighted by Crippen LogP contribution is 2.48.